The maximum Gasteiger partial charge on any atom is 0.287 e. The van der Waals surface area contributed by atoms with Crippen LogP contribution in [0.3, 0.4) is 0 Å². The fourth-order valence-electron chi connectivity index (χ4n) is 2.67. The fraction of sp³-hybridized carbons (Fsp3) is 0.500. The molecule has 4 nitrogen and oxygen atoms in total. The summed E-state index contributed by atoms with van der Waals surface area (Å²) in [7, 11) is 0. The monoisotopic (exact) mass is 302 g/mol. The zero-order valence-corrected chi connectivity index (χ0v) is 13.8. The molecule has 1 heterocycles. The van der Waals surface area contributed by atoms with Crippen LogP contribution in [0.2, 0.25) is 0 Å². The number of fused-ring (bicyclic) bond motifs is 1. The van der Waals surface area contributed by atoms with Gasteiger partial charge in [0.2, 0.25) is 0 Å². The molecular weight excluding hydrogens is 276 g/mol. The largest absolute Gasteiger partial charge is 0.451 e. The van der Waals surface area contributed by atoms with Gasteiger partial charge in [0.1, 0.15) is 5.58 Å². The van der Waals surface area contributed by atoms with Crippen LogP contribution in [0.1, 0.15) is 42.8 Å². The third kappa shape index (κ3) is 3.89. The van der Waals surface area contributed by atoms with Crippen molar-refractivity contribution >= 4 is 16.9 Å². The molecular formula is C18H26N2O2. The van der Waals surface area contributed by atoms with Gasteiger partial charge in [0.05, 0.1) is 0 Å². The van der Waals surface area contributed by atoms with E-state index in [1.54, 1.807) is 0 Å². The minimum Gasteiger partial charge on any atom is -0.451 e. The van der Waals surface area contributed by atoms with Gasteiger partial charge in [-0.25, -0.2) is 0 Å². The van der Waals surface area contributed by atoms with E-state index in [0.717, 1.165) is 49.0 Å². The molecule has 0 saturated carbocycles. The molecule has 0 bridgehead atoms. The Labute approximate surface area is 132 Å². The van der Waals surface area contributed by atoms with Crippen molar-refractivity contribution in [2.45, 2.75) is 33.6 Å². The molecule has 1 amide bonds. The first-order valence-electron chi connectivity index (χ1n) is 8.16. The number of carbonyl (C=O) groups excluding carboxylic acids is 1. The third-order valence-corrected chi connectivity index (χ3v) is 4.13. The van der Waals surface area contributed by atoms with E-state index in [4.69, 9.17) is 4.42 Å². The quantitative estimate of drug-likeness (QED) is 0.758. The molecule has 1 aromatic carbocycles. The first kappa shape index (κ1) is 16.6. The number of carbonyl (C=O) groups is 1. The highest BCUT2D eigenvalue weighted by Gasteiger charge is 2.16. The summed E-state index contributed by atoms with van der Waals surface area (Å²) >= 11 is 0. The normalized spacial score (nSPS) is 11.3. The first-order valence-corrected chi connectivity index (χ1v) is 8.16. The summed E-state index contributed by atoms with van der Waals surface area (Å²) in [5.74, 6) is 0.321. The van der Waals surface area contributed by atoms with Crippen molar-refractivity contribution in [3.63, 3.8) is 0 Å². The molecule has 0 saturated heterocycles. The van der Waals surface area contributed by atoms with Crippen molar-refractivity contribution in [2.24, 2.45) is 0 Å². The van der Waals surface area contributed by atoms with Gasteiger partial charge in [-0.3, -0.25) is 4.79 Å². The van der Waals surface area contributed by atoms with Crippen molar-refractivity contribution < 1.29 is 9.21 Å². The molecule has 0 fully saturated rings. The Morgan fingerprint density at radius 2 is 1.91 bits per heavy atom. The van der Waals surface area contributed by atoms with E-state index in [2.05, 4.69) is 24.1 Å². The molecule has 0 radical (unpaired) electrons. The van der Waals surface area contributed by atoms with Gasteiger partial charge in [-0.2, -0.15) is 0 Å². The van der Waals surface area contributed by atoms with Crippen molar-refractivity contribution in [1.29, 1.82) is 0 Å². The lowest BCUT2D eigenvalue weighted by atomic mass is 10.1. The molecule has 2 rings (SSSR count). The van der Waals surface area contributed by atoms with E-state index in [-0.39, 0.29) is 5.91 Å². The summed E-state index contributed by atoms with van der Waals surface area (Å²) in [5, 5.41) is 3.97. The molecule has 0 spiro atoms. The number of benzene rings is 1. The van der Waals surface area contributed by atoms with Gasteiger partial charge in [0.25, 0.3) is 5.91 Å². The number of hydrogen-bond acceptors (Lipinski definition) is 3. The van der Waals surface area contributed by atoms with Gasteiger partial charge in [0.15, 0.2) is 5.76 Å². The number of nitrogens with zero attached hydrogens (tertiary/aromatic N) is 1. The van der Waals surface area contributed by atoms with Crippen LogP contribution in [0.15, 0.2) is 28.7 Å². The molecule has 1 aromatic heterocycles. The van der Waals surface area contributed by atoms with Crippen molar-refractivity contribution in [3.8, 4) is 0 Å². The molecule has 2 aromatic rings. The summed E-state index contributed by atoms with van der Waals surface area (Å²) in [6.45, 7) is 10.2. The summed E-state index contributed by atoms with van der Waals surface area (Å²) in [4.78, 5) is 14.6. The van der Waals surface area contributed by atoms with E-state index >= 15 is 0 Å². The average Bonchev–Trinajstić information content (AvgIpc) is 2.88. The van der Waals surface area contributed by atoms with Gasteiger partial charge in [-0.1, -0.05) is 32.0 Å². The Morgan fingerprint density at radius 3 is 2.59 bits per heavy atom. The summed E-state index contributed by atoms with van der Waals surface area (Å²) in [6.07, 6.45) is 2.09. The Morgan fingerprint density at radius 1 is 1.18 bits per heavy atom. The van der Waals surface area contributed by atoms with Crippen LogP contribution in [0.5, 0.6) is 0 Å². The van der Waals surface area contributed by atoms with E-state index < -0.39 is 0 Å². The standard InChI is InChI=1S/C18H26N2O2/c1-4-20(5-2)13-9-8-12-19-18(21)17-14(3)15-10-6-7-11-16(15)22-17/h6-7,10-11H,4-5,8-9,12-13H2,1-3H3,(H,19,21). The smallest absolute Gasteiger partial charge is 0.287 e. The number of unbranched alkanes of at least 4 members (excludes halogenated alkanes) is 1. The number of rotatable bonds is 8. The van der Waals surface area contributed by atoms with Gasteiger partial charge < -0.3 is 14.6 Å². The second kappa shape index (κ2) is 7.99. The Hall–Kier alpha value is -1.81. The molecule has 0 aliphatic rings. The van der Waals surface area contributed by atoms with Crippen molar-refractivity contribution in [1.82, 2.24) is 10.2 Å². The van der Waals surface area contributed by atoms with Crippen LogP contribution in [-0.2, 0) is 0 Å². The van der Waals surface area contributed by atoms with Crippen molar-refractivity contribution in [2.75, 3.05) is 26.2 Å². The van der Waals surface area contributed by atoms with Crippen LogP contribution in [-0.4, -0.2) is 37.0 Å². The number of furan rings is 1. The van der Waals surface area contributed by atoms with E-state index in [1.807, 2.05) is 31.2 Å². The average molecular weight is 302 g/mol. The molecule has 0 aliphatic heterocycles. The Kier molecular flexibility index (Phi) is 6.01. The second-order valence-corrected chi connectivity index (χ2v) is 5.54. The highest BCUT2D eigenvalue weighted by molar-refractivity contribution is 5.98. The van der Waals surface area contributed by atoms with Crippen LogP contribution < -0.4 is 5.32 Å². The van der Waals surface area contributed by atoms with Crippen molar-refractivity contribution in [3.05, 3.63) is 35.6 Å². The topological polar surface area (TPSA) is 45.5 Å². The third-order valence-electron chi connectivity index (χ3n) is 4.13. The fourth-order valence-corrected chi connectivity index (χ4v) is 2.67. The van der Waals surface area contributed by atoms with Gasteiger partial charge in [-0.05, 0) is 45.5 Å². The highest BCUT2D eigenvalue weighted by Crippen LogP contribution is 2.24. The zero-order valence-electron chi connectivity index (χ0n) is 13.8. The molecule has 1 N–H and O–H groups in total. The molecule has 0 unspecified atom stereocenters. The molecule has 0 atom stereocenters. The number of amides is 1. The number of para-hydroxylation sites is 1. The van der Waals surface area contributed by atoms with E-state index in [9.17, 15) is 4.79 Å². The number of nitrogens with one attached hydrogen (secondary N) is 1. The van der Waals surface area contributed by atoms with Crippen LogP contribution in [0.4, 0.5) is 0 Å². The Bertz CT molecular complexity index is 615. The maximum absolute atomic E-state index is 12.2. The predicted molar refractivity (Wildman–Crippen MR) is 90.3 cm³/mol. The summed E-state index contributed by atoms with van der Waals surface area (Å²) in [5.41, 5.74) is 1.68. The lowest BCUT2D eigenvalue weighted by Gasteiger charge is -2.17. The Balaban J connectivity index is 1.83. The predicted octanol–water partition coefficient (Wildman–Crippen LogP) is 3.59. The highest BCUT2D eigenvalue weighted by atomic mass is 16.3. The summed E-state index contributed by atoms with van der Waals surface area (Å²) in [6, 6.07) is 7.75. The maximum atomic E-state index is 12.2. The first-order chi connectivity index (χ1) is 10.7. The number of aryl methyl sites for hydroxylation is 1. The van der Waals surface area contributed by atoms with Gasteiger partial charge in [0, 0.05) is 17.5 Å². The lowest BCUT2D eigenvalue weighted by molar-refractivity contribution is 0.0926. The van der Waals surface area contributed by atoms with Gasteiger partial charge in [-0.15, -0.1) is 0 Å². The molecule has 0 aliphatic carbocycles. The van der Waals surface area contributed by atoms with Crippen LogP contribution >= 0.6 is 0 Å². The lowest BCUT2D eigenvalue weighted by Crippen LogP contribution is -2.27. The molecule has 4 heteroatoms. The minimum atomic E-state index is -0.114. The number of hydrogen-bond donors (Lipinski definition) is 1. The second-order valence-electron chi connectivity index (χ2n) is 5.54. The van der Waals surface area contributed by atoms with E-state index in [1.165, 1.54) is 0 Å². The molecule has 120 valence electrons. The SMILES string of the molecule is CCN(CC)CCCCNC(=O)c1oc2ccccc2c1C. The zero-order chi connectivity index (χ0) is 15.9. The van der Waals surface area contributed by atoms with E-state index in [0.29, 0.717) is 12.3 Å². The minimum absolute atomic E-state index is 0.114. The summed E-state index contributed by atoms with van der Waals surface area (Å²) < 4.78 is 5.67. The van der Waals surface area contributed by atoms with Crippen LogP contribution in [0, 0.1) is 6.92 Å². The van der Waals surface area contributed by atoms with Gasteiger partial charge >= 0.3 is 0 Å². The molecule has 22 heavy (non-hydrogen) atoms. The van der Waals surface area contributed by atoms with Crippen LogP contribution in [0.25, 0.3) is 11.0 Å².